The summed E-state index contributed by atoms with van der Waals surface area (Å²) in [6.45, 7) is 4.00. The van der Waals surface area contributed by atoms with Crippen molar-refractivity contribution in [1.29, 1.82) is 0 Å². The Kier molecular flexibility index (Phi) is 6.07. The number of rotatable bonds is 5. The molecule has 0 bridgehead atoms. The van der Waals surface area contributed by atoms with Crippen LogP contribution >= 0.6 is 0 Å². The molecule has 5 nitrogen and oxygen atoms in total. The molecule has 2 heterocycles. The Morgan fingerprint density at radius 3 is 2.56 bits per heavy atom. The molecule has 1 aromatic carbocycles. The highest BCUT2D eigenvalue weighted by Crippen LogP contribution is 2.30. The van der Waals surface area contributed by atoms with Gasteiger partial charge in [0.25, 0.3) is 5.91 Å². The molecule has 2 aromatic rings. The predicted molar refractivity (Wildman–Crippen MR) is 109 cm³/mol. The van der Waals surface area contributed by atoms with Crippen molar-refractivity contribution in [2.24, 2.45) is 0 Å². The summed E-state index contributed by atoms with van der Waals surface area (Å²) in [5.74, 6) is 0.0129. The molecule has 1 aliphatic heterocycles. The van der Waals surface area contributed by atoms with Crippen LogP contribution in [0.15, 0.2) is 24.5 Å². The number of hydrogen-bond acceptors (Lipinski definition) is 3. The highest BCUT2D eigenvalue weighted by atomic mass is 16.1. The summed E-state index contributed by atoms with van der Waals surface area (Å²) in [5, 5.41) is 3.09. The lowest BCUT2D eigenvalue weighted by molar-refractivity contribution is 0.0948. The fourth-order valence-electron chi connectivity index (χ4n) is 4.61. The molecule has 0 unspecified atom stereocenters. The second-order valence-corrected chi connectivity index (χ2v) is 8.16. The van der Waals surface area contributed by atoms with Crippen LogP contribution in [0.1, 0.15) is 74.2 Å². The van der Waals surface area contributed by atoms with Crippen molar-refractivity contribution in [1.82, 2.24) is 19.8 Å². The molecule has 27 heavy (non-hydrogen) atoms. The lowest BCUT2D eigenvalue weighted by atomic mass is 9.95. The van der Waals surface area contributed by atoms with Crippen LogP contribution in [0.5, 0.6) is 0 Å². The lowest BCUT2D eigenvalue weighted by Gasteiger charge is -2.23. The van der Waals surface area contributed by atoms with E-state index >= 15 is 0 Å². The number of carbonyl (C=O) groups is 1. The van der Waals surface area contributed by atoms with Gasteiger partial charge in [-0.25, -0.2) is 4.98 Å². The van der Waals surface area contributed by atoms with E-state index in [0.29, 0.717) is 18.2 Å². The predicted octanol–water partition coefficient (Wildman–Crippen LogP) is 4.15. The second kappa shape index (κ2) is 8.87. The minimum absolute atomic E-state index is 0.0129. The average molecular weight is 369 g/mol. The van der Waals surface area contributed by atoms with E-state index in [9.17, 15) is 4.79 Å². The third kappa shape index (κ3) is 4.52. The Labute approximate surface area is 162 Å². The highest BCUT2D eigenvalue weighted by Gasteiger charge is 2.18. The molecule has 1 aliphatic carbocycles. The quantitative estimate of drug-likeness (QED) is 0.863. The first-order chi connectivity index (χ1) is 13.3. The molecular weight excluding hydrogens is 336 g/mol. The van der Waals surface area contributed by atoms with Crippen molar-refractivity contribution in [3.05, 3.63) is 30.1 Å². The minimum Gasteiger partial charge on any atom is -0.351 e. The molecule has 0 atom stereocenters. The summed E-state index contributed by atoms with van der Waals surface area (Å²) >= 11 is 0. The van der Waals surface area contributed by atoms with E-state index < -0.39 is 0 Å². The van der Waals surface area contributed by atoms with E-state index in [1.165, 1.54) is 70.9 Å². The average Bonchev–Trinajstić information content (AvgIpc) is 2.96. The topological polar surface area (TPSA) is 50.2 Å². The summed E-state index contributed by atoms with van der Waals surface area (Å²) in [5.41, 5.74) is 2.80. The fourth-order valence-corrected chi connectivity index (χ4v) is 4.61. The number of nitrogens with one attached hydrogen (secondary N) is 1. The van der Waals surface area contributed by atoms with Crippen LogP contribution in [-0.4, -0.2) is 46.5 Å². The fraction of sp³-hybridized carbons (Fsp3) is 0.636. The normalized spacial score (nSPS) is 19.9. The van der Waals surface area contributed by atoms with E-state index in [1.54, 1.807) is 0 Å². The van der Waals surface area contributed by atoms with E-state index in [-0.39, 0.29) is 5.91 Å². The first-order valence-electron chi connectivity index (χ1n) is 10.8. The Bertz CT molecular complexity index is 755. The lowest BCUT2D eigenvalue weighted by Crippen LogP contribution is -2.35. The van der Waals surface area contributed by atoms with Gasteiger partial charge in [-0.05, 0) is 57.0 Å². The zero-order valence-corrected chi connectivity index (χ0v) is 16.3. The Balaban J connectivity index is 1.36. The zero-order chi connectivity index (χ0) is 18.5. The number of nitrogens with zero attached hydrogens (tertiary/aromatic N) is 3. The van der Waals surface area contributed by atoms with Gasteiger partial charge in [-0.3, -0.25) is 4.79 Å². The zero-order valence-electron chi connectivity index (χ0n) is 16.3. The van der Waals surface area contributed by atoms with Gasteiger partial charge in [0.15, 0.2) is 0 Å². The number of imidazole rings is 1. The number of fused-ring (bicyclic) bond motifs is 1. The van der Waals surface area contributed by atoms with Crippen LogP contribution < -0.4 is 5.32 Å². The molecule has 5 heteroatoms. The molecule has 4 rings (SSSR count). The van der Waals surface area contributed by atoms with Gasteiger partial charge in [-0.2, -0.15) is 0 Å². The van der Waals surface area contributed by atoms with E-state index in [2.05, 4.69) is 25.8 Å². The van der Waals surface area contributed by atoms with Crippen molar-refractivity contribution < 1.29 is 4.79 Å². The number of aromatic nitrogens is 2. The first-order valence-corrected chi connectivity index (χ1v) is 10.8. The van der Waals surface area contributed by atoms with Crippen LogP contribution in [0.4, 0.5) is 0 Å². The molecule has 2 fully saturated rings. The van der Waals surface area contributed by atoms with Gasteiger partial charge in [-0.15, -0.1) is 0 Å². The molecule has 1 saturated carbocycles. The van der Waals surface area contributed by atoms with Crippen LogP contribution in [0.3, 0.4) is 0 Å². The summed E-state index contributed by atoms with van der Waals surface area (Å²) in [6.07, 6.45) is 13.7. The van der Waals surface area contributed by atoms with Crippen LogP contribution in [0.25, 0.3) is 11.0 Å². The molecule has 0 radical (unpaired) electrons. The number of amides is 1. The van der Waals surface area contributed by atoms with Crippen molar-refractivity contribution in [2.75, 3.05) is 26.2 Å². The first kappa shape index (κ1) is 18.5. The highest BCUT2D eigenvalue weighted by molar-refractivity contribution is 5.97. The Morgan fingerprint density at radius 1 is 1.04 bits per heavy atom. The molecule has 1 aromatic heterocycles. The summed E-state index contributed by atoms with van der Waals surface area (Å²) in [4.78, 5) is 19.6. The summed E-state index contributed by atoms with van der Waals surface area (Å²) < 4.78 is 2.31. The maximum absolute atomic E-state index is 12.5. The molecule has 1 amide bonds. The van der Waals surface area contributed by atoms with E-state index in [0.717, 1.165) is 17.6 Å². The summed E-state index contributed by atoms with van der Waals surface area (Å²) in [6, 6.07) is 6.53. The Hall–Kier alpha value is -1.88. The Morgan fingerprint density at radius 2 is 1.78 bits per heavy atom. The third-order valence-corrected chi connectivity index (χ3v) is 6.22. The maximum Gasteiger partial charge on any atom is 0.251 e. The molecule has 0 spiro atoms. The monoisotopic (exact) mass is 368 g/mol. The number of likely N-dealkylation sites (tertiary alicyclic amines) is 1. The van der Waals surface area contributed by atoms with Crippen LogP contribution in [0, 0.1) is 0 Å². The van der Waals surface area contributed by atoms with Crippen LogP contribution in [-0.2, 0) is 0 Å². The van der Waals surface area contributed by atoms with Gasteiger partial charge in [0.2, 0.25) is 0 Å². The van der Waals surface area contributed by atoms with Crippen molar-refractivity contribution in [3.8, 4) is 0 Å². The summed E-state index contributed by atoms with van der Waals surface area (Å²) in [7, 11) is 0. The van der Waals surface area contributed by atoms with Gasteiger partial charge in [-0.1, -0.05) is 32.1 Å². The van der Waals surface area contributed by atoms with Crippen LogP contribution in [0.2, 0.25) is 0 Å². The smallest absolute Gasteiger partial charge is 0.251 e. The minimum atomic E-state index is 0.0129. The molecular formula is C22H32N4O. The van der Waals surface area contributed by atoms with Gasteiger partial charge in [0.05, 0.1) is 17.4 Å². The van der Waals surface area contributed by atoms with E-state index in [4.69, 9.17) is 0 Å². The molecule has 146 valence electrons. The van der Waals surface area contributed by atoms with E-state index in [1.807, 2.05) is 18.5 Å². The van der Waals surface area contributed by atoms with Crippen molar-refractivity contribution in [3.63, 3.8) is 0 Å². The SMILES string of the molecule is O=C(NCCN1CCCCCC1)c1ccc2c(c1)ncn2C1CCCCC1. The number of carbonyl (C=O) groups excluding carboxylic acids is 1. The van der Waals surface area contributed by atoms with Crippen molar-refractivity contribution in [2.45, 2.75) is 63.8 Å². The third-order valence-electron chi connectivity index (χ3n) is 6.22. The van der Waals surface area contributed by atoms with Crippen molar-refractivity contribution >= 4 is 16.9 Å². The van der Waals surface area contributed by atoms with Gasteiger partial charge < -0.3 is 14.8 Å². The molecule has 2 aliphatic rings. The largest absolute Gasteiger partial charge is 0.351 e. The standard InChI is InChI=1S/C22H32N4O/c27-22(23-12-15-25-13-6-1-2-7-14-25)18-10-11-21-20(16-18)24-17-26(21)19-8-4-3-5-9-19/h10-11,16-17,19H,1-9,12-15H2,(H,23,27). The maximum atomic E-state index is 12.5. The van der Waals surface area contributed by atoms with Gasteiger partial charge in [0.1, 0.15) is 0 Å². The van der Waals surface area contributed by atoms with Gasteiger partial charge >= 0.3 is 0 Å². The number of hydrogen-bond donors (Lipinski definition) is 1. The second-order valence-electron chi connectivity index (χ2n) is 8.16. The number of benzene rings is 1. The van der Waals surface area contributed by atoms with Gasteiger partial charge in [0, 0.05) is 24.7 Å². The molecule has 1 N–H and O–H groups in total. The molecule has 1 saturated heterocycles.